The summed E-state index contributed by atoms with van der Waals surface area (Å²) in [7, 11) is 0. The number of benzene rings is 5. The Morgan fingerprint density at radius 1 is 0.817 bits per heavy atom. The SMILES string of the molecule is C=CCOC12Oc3ccc(Oc4ccc(C)c(C)c4)cc3C3C(CCCCO)C(CCCCO)C=C(C(=NOCc4ccccc4)CC1N(Cc1ccc(F)cc1)C(=O)OCCOCc1ccccc1)C32. The van der Waals surface area contributed by atoms with Crippen LogP contribution in [0.1, 0.15) is 84.2 Å². The van der Waals surface area contributed by atoms with E-state index in [-0.39, 0.29) is 70.4 Å². The highest BCUT2D eigenvalue weighted by Crippen LogP contribution is 2.62. The van der Waals surface area contributed by atoms with Crippen LogP contribution in [0.5, 0.6) is 17.2 Å². The molecule has 0 spiro atoms. The summed E-state index contributed by atoms with van der Waals surface area (Å²) in [5, 5.41) is 25.1. The van der Waals surface area contributed by atoms with Crippen LogP contribution in [0.25, 0.3) is 0 Å². The van der Waals surface area contributed by atoms with Gasteiger partial charge in [-0.3, -0.25) is 4.90 Å². The first-order chi connectivity index (χ1) is 34.7. The van der Waals surface area contributed by atoms with Gasteiger partial charge in [0, 0.05) is 37.7 Å². The van der Waals surface area contributed by atoms with Crippen molar-refractivity contribution in [3.63, 3.8) is 0 Å². The molecule has 5 aromatic rings. The number of unbranched alkanes of at least 4 members (excludes halogenated alkanes) is 2. The number of halogens is 1. The molecule has 11 nitrogen and oxygen atoms in total. The van der Waals surface area contributed by atoms with Gasteiger partial charge < -0.3 is 38.7 Å². The van der Waals surface area contributed by atoms with Crippen molar-refractivity contribution in [1.29, 1.82) is 0 Å². The number of nitrogens with zero attached hydrogens (tertiary/aromatic N) is 2. The summed E-state index contributed by atoms with van der Waals surface area (Å²) in [5.41, 5.74) is 7.34. The number of fused-ring (bicyclic) bond motifs is 2. The van der Waals surface area contributed by atoms with Crippen LogP contribution in [0.15, 0.2) is 151 Å². The first kappa shape index (κ1) is 51.1. The van der Waals surface area contributed by atoms with E-state index in [9.17, 15) is 14.6 Å². The minimum absolute atomic E-state index is 0.00952. The lowest BCUT2D eigenvalue weighted by molar-refractivity contribution is -0.256. The zero-order chi connectivity index (χ0) is 49.6. The van der Waals surface area contributed by atoms with Gasteiger partial charge in [0.25, 0.3) is 0 Å². The Kier molecular flexibility index (Phi) is 17.8. The normalized spacial score (nSPS) is 21.6. The Bertz CT molecular complexity index is 2590. The van der Waals surface area contributed by atoms with E-state index in [0.29, 0.717) is 48.0 Å². The summed E-state index contributed by atoms with van der Waals surface area (Å²) in [5.74, 6) is -0.873. The molecule has 374 valence electrons. The van der Waals surface area contributed by atoms with E-state index in [4.69, 9.17) is 33.7 Å². The van der Waals surface area contributed by atoms with Gasteiger partial charge in [-0.2, -0.15) is 0 Å². The Hall–Kier alpha value is -6.31. The summed E-state index contributed by atoms with van der Waals surface area (Å²) >= 11 is 0. The van der Waals surface area contributed by atoms with Gasteiger partial charge in [-0.15, -0.1) is 6.58 Å². The van der Waals surface area contributed by atoms with Crippen molar-refractivity contribution < 1.29 is 47.9 Å². The number of oxime groups is 1. The number of carbonyl (C=O) groups is 1. The monoisotopic (exact) mass is 966 g/mol. The first-order valence-electron chi connectivity index (χ1n) is 25.0. The van der Waals surface area contributed by atoms with Crippen molar-refractivity contribution in [3.8, 4) is 17.2 Å². The maximum atomic E-state index is 15.0. The Morgan fingerprint density at radius 2 is 1.51 bits per heavy atom. The van der Waals surface area contributed by atoms with E-state index in [1.807, 2.05) is 91.0 Å². The molecule has 71 heavy (non-hydrogen) atoms. The fourth-order valence-electron chi connectivity index (χ4n) is 10.5. The molecule has 0 saturated heterocycles. The fraction of sp³-hybridized carbons (Fsp3) is 0.390. The predicted molar refractivity (Wildman–Crippen MR) is 272 cm³/mol. The standard InChI is InChI=1S/C59H67FN2O9/c1-4-31-68-59-55(62(38-43-22-24-47(60)25-23-43)58(65)67-33-32-66-39-44-15-7-5-8-16-44)37-53(61-69-40-45-17-9-6-10-18-45)51-35-46(19-11-13-29-63)50(20-12-14-30-64)56(57(51)59)52-36-49(27-28-54(52)71-59)70-48-26-21-41(2)42(3)34-48/h4-10,15-18,21-28,34-36,46,50,55-57,63-64H,1,11-14,19-20,29-33,37-40H2,2-3H3. The third-order valence-electron chi connectivity index (χ3n) is 14.0. The lowest BCUT2D eigenvalue weighted by Gasteiger charge is -2.59. The lowest BCUT2D eigenvalue weighted by Crippen LogP contribution is -2.70. The fourth-order valence-corrected chi connectivity index (χ4v) is 10.5. The number of aliphatic hydroxyl groups is 2. The topological polar surface area (TPSA) is 129 Å². The van der Waals surface area contributed by atoms with Gasteiger partial charge in [0.1, 0.15) is 42.3 Å². The van der Waals surface area contributed by atoms with Crippen molar-refractivity contribution >= 4 is 11.8 Å². The number of ether oxygens (including phenoxy) is 5. The number of carbonyl (C=O) groups excluding carboxylic acids is 1. The quantitative estimate of drug-likeness (QED) is 0.0353. The van der Waals surface area contributed by atoms with Gasteiger partial charge in [-0.1, -0.05) is 109 Å². The highest BCUT2D eigenvalue weighted by molar-refractivity contribution is 6.03. The molecule has 1 heterocycles. The highest BCUT2D eigenvalue weighted by Gasteiger charge is 2.65. The van der Waals surface area contributed by atoms with Crippen LogP contribution in [-0.4, -0.2) is 71.8 Å². The summed E-state index contributed by atoms with van der Waals surface area (Å²) in [6, 6.07) is 36.8. The van der Waals surface area contributed by atoms with E-state index in [2.05, 4.69) is 32.6 Å². The number of hydrogen-bond donors (Lipinski definition) is 2. The average molecular weight is 967 g/mol. The number of allylic oxidation sites excluding steroid dienone is 1. The Balaban J connectivity index is 1.28. The molecule has 2 N–H and O–H groups in total. The van der Waals surface area contributed by atoms with E-state index < -0.39 is 29.7 Å². The molecule has 1 saturated carbocycles. The zero-order valence-electron chi connectivity index (χ0n) is 40.9. The molecular weight excluding hydrogens is 900 g/mol. The number of hydrogen-bond acceptors (Lipinski definition) is 10. The summed E-state index contributed by atoms with van der Waals surface area (Å²) in [6.07, 6.45) is 7.89. The number of rotatable bonds is 24. The van der Waals surface area contributed by atoms with Gasteiger partial charge in [0.15, 0.2) is 0 Å². The predicted octanol–water partition coefficient (Wildman–Crippen LogP) is 11.9. The average Bonchev–Trinajstić information content (AvgIpc) is 3.38. The maximum absolute atomic E-state index is 15.0. The first-order valence-corrected chi connectivity index (χ1v) is 25.0. The minimum atomic E-state index is -1.55. The molecule has 0 aromatic heterocycles. The molecule has 1 aliphatic heterocycles. The second kappa shape index (κ2) is 24.7. The number of aryl methyl sites for hydroxylation is 2. The van der Waals surface area contributed by atoms with E-state index in [1.165, 1.54) is 12.1 Å². The molecule has 6 unspecified atom stereocenters. The largest absolute Gasteiger partial charge is 0.459 e. The molecule has 1 amide bonds. The molecule has 0 radical (unpaired) electrons. The third-order valence-corrected chi connectivity index (χ3v) is 14.0. The second-order valence-electron chi connectivity index (χ2n) is 18.8. The van der Waals surface area contributed by atoms with Crippen LogP contribution in [0.4, 0.5) is 9.18 Å². The maximum Gasteiger partial charge on any atom is 0.410 e. The van der Waals surface area contributed by atoms with Crippen LogP contribution in [-0.2, 0) is 38.8 Å². The molecule has 5 aromatic carbocycles. The van der Waals surface area contributed by atoms with Gasteiger partial charge in [0.2, 0.25) is 5.79 Å². The van der Waals surface area contributed by atoms with Crippen LogP contribution >= 0.6 is 0 Å². The molecule has 1 fully saturated rings. The third kappa shape index (κ3) is 12.4. The van der Waals surface area contributed by atoms with E-state index in [0.717, 1.165) is 59.1 Å². The van der Waals surface area contributed by atoms with Gasteiger partial charge in [0.05, 0.1) is 31.5 Å². The van der Waals surface area contributed by atoms with Crippen molar-refractivity contribution in [1.82, 2.24) is 4.90 Å². The summed E-state index contributed by atoms with van der Waals surface area (Å²) < 4.78 is 47.8. The van der Waals surface area contributed by atoms with Crippen molar-refractivity contribution in [2.45, 2.75) is 96.3 Å². The number of aliphatic hydroxyl groups excluding tert-OH is 2. The van der Waals surface area contributed by atoms with Crippen LogP contribution < -0.4 is 9.47 Å². The summed E-state index contributed by atoms with van der Waals surface area (Å²) in [6.45, 7) is 9.12. The molecule has 3 aliphatic rings. The number of amides is 1. The lowest BCUT2D eigenvalue weighted by atomic mass is 9.55. The molecule has 0 bridgehead atoms. The van der Waals surface area contributed by atoms with Gasteiger partial charge in [-0.25, -0.2) is 9.18 Å². The van der Waals surface area contributed by atoms with Crippen molar-refractivity contribution in [2.24, 2.45) is 22.9 Å². The van der Waals surface area contributed by atoms with Crippen molar-refractivity contribution in [3.05, 3.63) is 185 Å². The van der Waals surface area contributed by atoms with Gasteiger partial charge in [-0.05, 0) is 127 Å². The zero-order valence-corrected chi connectivity index (χ0v) is 40.9. The van der Waals surface area contributed by atoms with Crippen LogP contribution in [0.3, 0.4) is 0 Å². The van der Waals surface area contributed by atoms with Crippen LogP contribution in [0, 0.1) is 37.4 Å². The molecular formula is C59H67FN2O9. The summed E-state index contributed by atoms with van der Waals surface area (Å²) in [4.78, 5) is 22.9. The Labute approximate surface area is 417 Å². The Morgan fingerprint density at radius 3 is 2.21 bits per heavy atom. The second-order valence-corrected chi connectivity index (χ2v) is 18.8. The van der Waals surface area contributed by atoms with E-state index in [1.54, 1.807) is 23.1 Å². The van der Waals surface area contributed by atoms with Crippen molar-refractivity contribution in [2.75, 3.05) is 33.0 Å². The highest BCUT2D eigenvalue weighted by atomic mass is 19.1. The smallest absolute Gasteiger partial charge is 0.410 e. The van der Waals surface area contributed by atoms with Crippen LogP contribution in [0.2, 0.25) is 0 Å². The van der Waals surface area contributed by atoms with Gasteiger partial charge >= 0.3 is 6.09 Å². The molecule has 2 aliphatic carbocycles. The molecule has 6 atom stereocenters. The molecule has 12 heteroatoms. The van der Waals surface area contributed by atoms with E-state index >= 15 is 4.79 Å². The molecule has 8 rings (SSSR count). The minimum Gasteiger partial charge on any atom is -0.459 e.